The quantitative estimate of drug-likeness (QED) is 0.454. The van der Waals surface area contributed by atoms with E-state index in [0.29, 0.717) is 0 Å². The second kappa shape index (κ2) is 8.66. The number of nitro groups is 2. The van der Waals surface area contributed by atoms with Crippen LogP contribution in [0.15, 0.2) is 58.3 Å². The van der Waals surface area contributed by atoms with Crippen LogP contribution in [-0.2, 0) is 20.0 Å². The average Bonchev–Trinajstić information content (AvgIpc) is 3.01. The Bertz CT molecular complexity index is 1130. The summed E-state index contributed by atoms with van der Waals surface area (Å²) in [5.41, 5.74) is -1.15. The molecule has 0 N–H and O–H groups in total. The molecule has 0 bridgehead atoms. The summed E-state index contributed by atoms with van der Waals surface area (Å²) in [7, 11) is -8.51. The number of hydrogen-bond acceptors (Lipinski definition) is 8. The minimum Gasteiger partial charge on any atom is -0.258 e. The molecule has 1 saturated heterocycles. The molecule has 1 fully saturated rings. The van der Waals surface area contributed by atoms with Crippen LogP contribution in [0.4, 0.5) is 11.4 Å². The summed E-state index contributed by atoms with van der Waals surface area (Å²) in [6, 6.07) is 9.83. The zero-order chi connectivity index (χ0) is 22.8. The lowest BCUT2D eigenvalue weighted by Gasteiger charge is -2.21. The molecule has 166 valence electrons. The Labute approximate surface area is 178 Å². The highest BCUT2D eigenvalue weighted by Crippen LogP contribution is 2.29. The molecule has 12 nitrogen and oxygen atoms in total. The molecule has 0 radical (unpaired) electrons. The summed E-state index contributed by atoms with van der Waals surface area (Å²) in [5, 5.41) is 22.5. The molecule has 3 rings (SSSR count). The number of sulfonamides is 2. The number of nitro benzene ring substituents is 2. The summed E-state index contributed by atoms with van der Waals surface area (Å²) in [4.78, 5) is 19.9. The molecule has 0 spiro atoms. The highest BCUT2D eigenvalue weighted by molar-refractivity contribution is 7.89. The molecule has 31 heavy (non-hydrogen) atoms. The first-order valence-electron chi connectivity index (χ1n) is 9.04. The lowest BCUT2D eigenvalue weighted by molar-refractivity contribution is -0.388. The van der Waals surface area contributed by atoms with Crippen molar-refractivity contribution in [3.63, 3.8) is 0 Å². The number of rotatable bonds is 6. The van der Waals surface area contributed by atoms with Gasteiger partial charge in [-0.1, -0.05) is 24.3 Å². The molecule has 1 aliphatic rings. The maximum atomic E-state index is 13.0. The van der Waals surface area contributed by atoms with Crippen molar-refractivity contribution in [1.82, 2.24) is 8.61 Å². The topological polar surface area (TPSA) is 161 Å². The van der Waals surface area contributed by atoms with Gasteiger partial charge in [-0.15, -0.1) is 0 Å². The van der Waals surface area contributed by atoms with E-state index >= 15 is 0 Å². The van der Waals surface area contributed by atoms with Crippen molar-refractivity contribution in [3.05, 3.63) is 68.8 Å². The maximum absolute atomic E-state index is 13.0. The third-order valence-corrected chi connectivity index (χ3v) is 8.67. The van der Waals surface area contributed by atoms with E-state index in [4.69, 9.17) is 0 Å². The van der Waals surface area contributed by atoms with E-state index in [1.165, 1.54) is 24.3 Å². The predicted molar refractivity (Wildman–Crippen MR) is 108 cm³/mol. The molecule has 1 heterocycles. The summed E-state index contributed by atoms with van der Waals surface area (Å²) in [6.07, 6.45) is 0.111. The van der Waals surface area contributed by atoms with Crippen LogP contribution >= 0.6 is 0 Å². The third kappa shape index (κ3) is 4.41. The van der Waals surface area contributed by atoms with Gasteiger partial charge in [0, 0.05) is 38.3 Å². The standard InChI is InChI=1S/C17H18N4O8S2/c22-20(23)14-6-1-3-8-16(14)30(26,27)18-10-5-11-19(13-12-18)31(28,29)17-9-4-2-7-15(17)21(24)25/h1-4,6-9H,5,10-13H2. The number of hydrogen-bond donors (Lipinski definition) is 0. The number of benzene rings is 2. The third-order valence-electron chi connectivity index (χ3n) is 4.77. The average molecular weight is 470 g/mol. The lowest BCUT2D eigenvalue weighted by Crippen LogP contribution is -2.37. The Hall–Kier alpha value is -2.94. The van der Waals surface area contributed by atoms with Crippen LogP contribution < -0.4 is 0 Å². The van der Waals surface area contributed by atoms with E-state index in [1.54, 1.807) is 0 Å². The molecule has 2 aromatic carbocycles. The smallest absolute Gasteiger partial charge is 0.258 e. The van der Waals surface area contributed by atoms with Crippen molar-refractivity contribution in [1.29, 1.82) is 0 Å². The van der Waals surface area contributed by atoms with Crippen molar-refractivity contribution < 1.29 is 26.7 Å². The first kappa shape index (κ1) is 22.7. The second-order valence-corrected chi connectivity index (χ2v) is 10.4. The molecular formula is C17H18N4O8S2. The van der Waals surface area contributed by atoms with E-state index in [2.05, 4.69) is 0 Å². The fourth-order valence-electron chi connectivity index (χ4n) is 3.28. The Kier molecular flexibility index (Phi) is 6.35. The Morgan fingerprint density at radius 1 is 0.645 bits per heavy atom. The van der Waals surface area contributed by atoms with E-state index in [9.17, 15) is 37.1 Å². The molecule has 0 unspecified atom stereocenters. The van der Waals surface area contributed by atoms with Gasteiger partial charge in [0.05, 0.1) is 9.85 Å². The lowest BCUT2D eigenvalue weighted by atomic mass is 10.3. The number of nitrogens with zero attached hydrogens (tertiary/aromatic N) is 4. The van der Waals surface area contributed by atoms with Gasteiger partial charge < -0.3 is 0 Å². The van der Waals surface area contributed by atoms with Gasteiger partial charge in [0.25, 0.3) is 11.4 Å². The van der Waals surface area contributed by atoms with Gasteiger partial charge >= 0.3 is 0 Å². The minimum absolute atomic E-state index is 0.0582. The van der Waals surface area contributed by atoms with Crippen LogP contribution in [0.25, 0.3) is 0 Å². The SMILES string of the molecule is O=[N+]([O-])c1ccccc1S(=O)(=O)N1CCCN(S(=O)(=O)c2ccccc2[N+](=O)[O-])CC1. The Morgan fingerprint density at radius 3 is 1.35 bits per heavy atom. The molecule has 0 atom stereocenters. The maximum Gasteiger partial charge on any atom is 0.289 e. The molecular weight excluding hydrogens is 452 g/mol. The van der Waals surface area contributed by atoms with E-state index in [1.807, 2.05) is 0 Å². The van der Waals surface area contributed by atoms with Gasteiger partial charge in [0.2, 0.25) is 20.0 Å². The highest BCUT2D eigenvalue weighted by atomic mass is 32.2. The van der Waals surface area contributed by atoms with Crippen molar-refractivity contribution in [2.45, 2.75) is 16.2 Å². The molecule has 0 aromatic heterocycles. The van der Waals surface area contributed by atoms with Gasteiger partial charge in [-0.2, -0.15) is 8.61 Å². The largest absolute Gasteiger partial charge is 0.289 e. The van der Waals surface area contributed by atoms with Crippen molar-refractivity contribution in [3.8, 4) is 0 Å². The van der Waals surface area contributed by atoms with Crippen molar-refractivity contribution >= 4 is 31.4 Å². The van der Waals surface area contributed by atoms with E-state index in [-0.39, 0.29) is 32.6 Å². The molecule has 2 aromatic rings. The van der Waals surface area contributed by atoms with Crippen molar-refractivity contribution in [2.75, 3.05) is 26.2 Å². The van der Waals surface area contributed by atoms with Crippen LogP contribution in [0.5, 0.6) is 0 Å². The van der Waals surface area contributed by atoms with E-state index in [0.717, 1.165) is 32.9 Å². The minimum atomic E-state index is -4.25. The van der Waals surface area contributed by atoms with Gasteiger partial charge in [0.1, 0.15) is 0 Å². The number of para-hydroxylation sites is 2. The van der Waals surface area contributed by atoms with Crippen LogP contribution in [0, 0.1) is 20.2 Å². The molecule has 14 heteroatoms. The first-order chi connectivity index (χ1) is 14.6. The molecule has 1 aliphatic heterocycles. The predicted octanol–water partition coefficient (Wildman–Crippen LogP) is 1.59. The molecule has 0 amide bonds. The first-order valence-corrected chi connectivity index (χ1v) is 11.9. The fraction of sp³-hybridized carbons (Fsp3) is 0.294. The zero-order valence-electron chi connectivity index (χ0n) is 16.0. The van der Waals surface area contributed by atoms with Crippen molar-refractivity contribution in [2.24, 2.45) is 0 Å². The van der Waals surface area contributed by atoms with Gasteiger partial charge in [-0.25, -0.2) is 16.8 Å². The van der Waals surface area contributed by atoms with Crippen LogP contribution in [0.2, 0.25) is 0 Å². The highest BCUT2D eigenvalue weighted by Gasteiger charge is 2.36. The normalized spacial score (nSPS) is 16.5. The summed E-state index contributed by atoms with van der Waals surface area (Å²) < 4.78 is 54.0. The van der Waals surface area contributed by atoms with Gasteiger partial charge in [0.15, 0.2) is 9.79 Å². The van der Waals surface area contributed by atoms with Crippen LogP contribution in [0.3, 0.4) is 0 Å². The summed E-state index contributed by atoms with van der Waals surface area (Å²) >= 11 is 0. The van der Waals surface area contributed by atoms with E-state index < -0.39 is 51.1 Å². The zero-order valence-corrected chi connectivity index (χ0v) is 17.7. The summed E-state index contributed by atoms with van der Waals surface area (Å²) in [6.45, 7) is -0.628. The van der Waals surface area contributed by atoms with Gasteiger partial charge in [-0.05, 0) is 18.6 Å². The summed E-state index contributed by atoms with van der Waals surface area (Å²) in [5.74, 6) is 0. The fourth-order valence-corrected chi connectivity index (χ4v) is 6.54. The Morgan fingerprint density at radius 2 is 1.00 bits per heavy atom. The second-order valence-electron chi connectivity index (χ2n) is 6.61. The van der Waals surface area contributed by atoms with Gasteiger partial charge in [-0.3, -0.25) is 20.2 Å². The van der Waals surface area contributed by atoms with Crippen LogP contribution in [-0.4, -0.2) is 61.5 Å². The Balaban J connectivity index is 1.89. The van der Waals surface area contributed by atoms with Crippen LogP contribution in [0.1, 0.15) is 6.42 Å². The molecule has 0 saturated carbocycles. The monoisotopic (exact) mass is 470 g/mol. The molecule has 0 aliphatic carbocycles.